The van der Waals surface area contributed by atoms with E-state index in [9.17, 15) is 9.59 Å². The second-order valence-corrected chi connectivity index (χ2v) is 7.68. The van der Waals surface area contributed by atoms with Gasteiger partial charge in [-0.15, -0.1) is 6.58 Å². The molecule has 1 heterocycles. The van der Waals surface area contributed by atoms with Gasteiger partial charge in [0.05, 0.1) is 0 Å². The average Bonchev–Trinajstić information content (AvgIpc) is 3.18. The van der Waals surface area contributed by atoms with Crippen LogP contribution in [0.3, 0.4) is 0 Å². The van der Waals surface area contributed by atoms with Gasteiger partial charge in [0.2, 0.25) is 5.43 Å². The van der Waals surface area contributed by atoms with Crippen molar-refractivity contribution >= 4 is 11.6 Å². The summed E-state index contributed by atoms with van der Waals surface area (Å²) in [7, 11) is 0. The highest BCUT2D eigenvalue weighted by atomic mass is 16.3. The van der Waals surface area contributed by atoms with E-state index < -0.39 is 0 Å². The van der Waals surface area contributed by atoms with Crippen molar-refractivity contribution in [3.63, 3.8) is 0 Å². The number of carbonyl (C=O) groups is 1. The zero-order chi connectivity index (χ0) is 21.0. The van der Waals surface area contributed by atoms with Crippen LogP contribution in [0.5, 0.6) is 0 Å². The van der Waals surface area contributed by atoms with Crippen LogP contribution in [0, 0.1) is 0 Å². The summed E-state index contributed by atoms with van der Waals surface area (Å²) < 4.78 is 6.02. The van der Waals surface area contributed by atoms with Crippen LogP contribution < -0.4 is 10.7 Å². The third-order valence-electron chi connectivity index (χ3n) is 5.64. The quantitative estimate of drug-likeness (QED) is 0.628. The van der Waals surface area contributed by atoms with Crippen molar-refractivity contribution in [2.24, 2.45) is 0 Å². The Balaban J connectivity index is 2.05. The van der Waals surface area contributed by atoms with Gasteiger partial charge in [-0.2, -0.15) is 0 Å². The van der Waals surface area contributed by atoms with E-state index in [2.05, 4.69) is 37.9 Å². The fourth-order valence-corrected chi connectivity index (χ4v) is 4.20. The molecule has 0 spiro atoms. The van der Waals surface area contributed by atoms with Crippen LogP contribution >= 0.6 is 0 Å². The summed E-state index contributed by atoms with van der Waals surface area (Å²) in [6, 6.07) is 4.24. The molecule has 0 fully saturated rings. The van der Waals surface area contributed by atoms with Crippen molar-refractivity contribution in [2.75, 3.05) is 5.32 Å². The number of fused-ring (bicyclic) bond motifs is 1. The largest absolute Gasteiger partial charge is 0.465 e. The lowest BCUT2D eigenvalue weighted by Crippen LogP contribution is -2.27. The van der Waals surface area contributed by atoms with Gasteiger partial charge < -0.3 is 9.73 Å². The lowest BCUT2D eigenvalue weighted by Gasteiger charge is -2.17. The normalized spacial score (nSPS) is 12.7. The Kier molecular flexibility index (Phi) is 6.73. The van der Waals surface area contributed by atoms with Gasteiger partial charge in [-0.25, -0.2) is 0 Å². The molecule has 3 rings (SSSR count). The molecule has 0 unspecified atom stereocenters. The van der Waals surface area contributed by atoms with Crippen molar-refractivity contribution in [3.05, 3.63) is 74.3 Å². The minimum absolute atomic E-state index is 0.149. The van der Waals surface area contributed by atoms with Crippen LogP contribution in [0.1, 0.15) is 77.7 Å². The first-order chi connectivity index (χ1) is 14.0. The molecule has 1 aliphatic carbocycles. The van der Waals surface area contributed by atoms with Gasteiger partial charge in [-0.3, -0.25) is 9.59 Å². The third kappa shape index (κ3) is 4.21. The van der Waals surface area contributed by atoms with E-state index in [0.717, 1.165) is 61.1 Å². The van der Waals surface area contributed by atoms with Crippen molar-refractivity contribution < 1.29 is 9.21 Å². The van der Waals surface area contributed by atoms with Crippen LogP contribution in [-0.2, 0) is 38.5 Å². The minimum atomic E-state index is -0.349. The Bertz CT molecular complexity index is 959. The Hall–Kier alpha value is -2.62. The first-order valence-electron chi connectivity index (χ1n) is 10.8. The molecule has 1 aliphatic rings. The van der Waals surface area contributed by atoms with Gasteiger partial charge in [0.25, 0.3) is 5.91 Å². The first-order valence-corrected chi connectivity index (χ1v) is 10.8. The number of rotatable bonds is 8. The maximum absolute atomic E-state index is 13.3. The zero-order valence-electron chi connectivity index (χ0n) is 17.8. The van der Waals surface area contributed by atoms with Crippen molar-refractivity contribution in [1.82, 2.24) is 0 Å². The number of carbonyl (C=O) groups excluding carboxylic acids is 1. The molecule has 4 heteroatoms. The molecule has 1 aromatic carbocycles. The molecule has 2 aromatic rings. The standard InChI is InChI=1S/C25H31NO3/c1-5-10-16-14-17(7-3)23(18(8-4)15-16)26-25(28)22-21(11-6-2)29-20-13-9-12-19(20)24(22)27/h5,14-15H,1,6-13H2,2-4H3,(H,26,28). The second-order valence-electron chi connectivity index (χ2n) is 7.68. The summed E-state index contributed by atoms with van der Waals surface area (Å²) in [5, 5.41) is 3.07. The number of aryl methyl sites for hydroxylation is 4. The second kappa shape index (κ2) is 9.25. The van der Waals surface area contributed by atoms with Crippen LogP contribution in [0.15, 0.2) is 34.0 Å². The third-order valence-corrected chi connectivity index (χ3v) is 5.64. The Morgan fingerprint density at radius 2 is 1.86 bits per heavy atom. The molecular weight excluding hydrogens is 362 g/mol. The van der Waals surface area contributed by atoms with E-state index in [1.165, 1.54) is 5.56 Å². The fraction of sp³-hybridized carbons (Fsp3) is 0.440. The van der Waals surface area contributed by atoms with Crippen LogP contribution in [0.25, 0.3) is 0 Å². The van der Waals surface area contributed by atoms with Gasteiger partial charge in [0, 0.05) is 24.1 Å². The number of nitrogens with one attached hydrogen (secondary N) is 1. The lowest BCUT2D eigenvalue weighted by atomic mass is 9.97. The SMILES string of the molecule is C=CCc1cc(CC)c(NC(=O)c2c(CCC)oc3c(c2=O)CCC3)c(CC)c1. The summed E-state index contributed by atoms with van der Waals surface area (Å²) in [4.78, 5) is 26.4. The van der Waals surface area contributed by atoms with Crippen LogP contribution in [0.2, 0.25) is 0 Å². The van der Waals surface area contributed by atoms with E-state index in [1.54, 1.807) is 0 Å². The summed E-state index contributed by atoms with van der Waals surface area (Å²) in [6.45, 7) is 10.0. The van der Waals surface area contributed by atoms with Gasteiger partial charge in [-0.1, -0.05) is 39.0 Å². The fourth-order valence-electron chi connectivity index (χ4n) is 4.20. The van der Waals surface area contributed by atoms with Gasteiger partial charge in [0.15, 0.2) is 0 Å². The molecule has 1 N–H and O–H groups in total. The number of hydrogen-bond donors (Lipinski definition) is 1. The molecule has 0 bridgehead atoms. The molecule has 0 saturated heterocycles. The Morgan fingerprint density at radius 1 is 1.17 bits per heavy atom. The number of amides is 1. The Morgan fingerprint density at radius 3 is 2.45 bits per heavy atom. The summed E-state index contributed by atoms with van der Waals surface area (Å²) >= 11 is 0. The molecule has 4 nitrogen and oxygen atoms in total. The molecule has 1 amide bonds. The van der Waals surface area contributed by atoms with Crippen molar-refractivity contribution in [1.29, 1.82) is 0 Å². The smallest absolute Gasteiger partial charge is 0.263 e. The highest BCUT2D eigenvalue weighted by Crippen LogP contribution is 2.27. The summed E-state index contributed by atoms with van der Waals surface area (Å²) in [5.74, 6) is 0.945. The molecule has 1 aromatic heterocycles. The monoisotopic (exact) mass is 393 g/mol. The van der Waals surface area contributed by atoms with Crippen molar-refractivity contribution in [2.45, 2.75) is 72.1 Å². The molecule has 29 heavy (non-hydrogen) atoms. The number of anilines is 1. The maximum atomic E-state index is 13.3. The van der Waals surface area contributed by atoms with E-state index in [0.29, 0.717) is 24.2 Å². The topological polar surface area (TPSA) is 59.3 Å². The molecular formula is C25H31NO3. The maximum Gasteiger partial charge on any atom is 0.263 e. The van der Waals surface area contributed by atoms with E-state index >= 15 is 0 Å². The van der Waals surface area contributed by atoms with E-state index in [4.69, 9.17) is 4.42 Å². The number of hydrogen-bond acceptors (Lipinski definition) is 3. The van der Waals surface area contributed by atoms with Gasteiger partial charge in [-0.05, 0) is 55.2 Å². The van der Waals surface area contributed by atoms with Crippen LogP contribution in [0.4, 0.5) is 5.69 Å². The van der Waals surface area contributed by atoms with Gasteiger partial charge in [0.1, 0.15) is 17.1 Å². The molecule has 154 valence electrons. The van der Waals surface area contributed by atoms with E-state index in [-0.39, 0.29) is 16.9 Å². The van der Waals surface area contributed by atoms with Crippen molar-refractivity contribution in [3.8, 4) is 0 Å². The molecule has 0 atom stereocenters. The highest BCUT2D eigenvalue weighted by Gasteiger charge is 2.27. The predicted molar refractivity (Wildman–Crippen MR) is 118 cm³/mol. The lowest BCUT2D eigenvalue weighted by molar-refractivity contribution is 0.102. The number of allylic oxidation sites excluding steroid dienone is 1. The average molecular weight is 394 g/mol. The first kappa shape index (κ1) is 21.1. The predicted octanol–water partition coefficient (Wildman–Crippen LogP) is 5.19. The summed E-state index contributed by atoms with van der Waals surface area (Å²) in [5.41, 5.74) is 4.90. The molecule has 0 radical (unpaired) electrons. The summed E-state index contributed by atoms with van der Waals surface area (Å²) in [6.07, 6.45) is 8.08. The van der Waals surface area contributed by atoms with E-state index in [1.807, 2.05) is 13.0 Å². The number of benzene rings is 1. The minimum Gasteiger partial charge on any atom is -0.465 e. The van der Waals surface area contributed by atoms with Gasteiger partial charge >= 0.3 is 0 Å². The zero-order valence-corrected chi connectivity index (χ0v) is 17.8. The Labute approximate surface area is 173 Å². The van der Waals surface area contributed by atoms with Crippen LogP contribution in [-0.4, -0.2) is 5.91 Å². The molecule has 0 aliphatic heterocycles. The molecule has 0 saturated carbocycles. The highest BCUT2D eigenvalue weighted by molar-refractivity contribution is 6.05.